The van der Waals surface area contributed by atoms with Gasteiger partial charge in [-0.05, 0) is 31.5 Å². The lowest BCUT2D eigenvalue weighted by molar-refractivity contribution is -0.144. The lowest BCUT2D eigenvalue weighted by Gasteiger charge is -2.23. The van der Waals surface area contributed by atoms with Crippen LogP contribution in [0.25, 0.3) is 10.9 Å². The van der Waals surface area contributed by atoms with Crippen molar-refractivity contribution in [3.05, 3.63) is 58.6 Å². The molecule has 0 amide bonds. The summed E-state index contributed by atoms with van der Waals surface area (Å²) in [6.07, 6.45) is 3.57. The molecule has 0 radical (unpaired) electrons. The molecule has 2 N–H and O–H groups in total. The smallest absolute Gasteiger partial charge is 0.337 e. The number of aliphatic hydroxyl groups excluding tert-OH is 2. The van der Waals surface area contributed by atoms with E-state index < -0.39 is 11.6 Å². The number of aliphatic hydroxyl groups is 2. The summed E-state index contributed by atoms with van der Waals surface area (Å²) in [4.78, 5) is 16.9. The number of carbonyl (C=O) groups is 1. The zero-order valence-corrected chi connectivity index (χ0v) is 14.4. The Kier molecular flexibility index (Phi) is 5.97. The Morgan fingerprint density at radius 3 is 2.28 bits per heavy atom. The Labute approximate surface area is 147 Å². The molecule has 0 aromatic heterocycles. The van der Waals surface area contributed by atoms with Crippen molar-refractivity contribution in [1.29, 1.82) is 0 Å². The molecule has 0 bridgehead atoms. The number of esters is 1. The fourth-order valence-corrected chi connectivity index (χ4v) is 2.70. The van der Waals surface area contributed by atoms with Crippen molar-refractivity contribution in [3.8, 4) is 0 Å². The molecule has 1 aromatic rings. The van der Waals surface area contributed by atoms with Gasteiger partial charge >= 0.3 is 5.97 Å². The topological polar surface area (TPSA) is 74.4 Å². The van der Waals surface area contributed by atoms with Crippen molar-refractivity contribution < 1.29 is 19.7 Å². The summed E-state index contributed by atoms with van der Waals surface area (Å²) in [5, 5.41) is 18.2. The molecule has 1 aromatic carbocycles. The minimum absolute atomic E-state index is 0.0122. The maximum atomic E-state index is 11.7. The van der Waals surface area contributed by atoms with Crippen molar-refractivity contribution in [2.45, 2.75) is 19.4 Å². The zero-order valence-electron chi connectivity index (χ0n) is 14.4. The van der Waals surface area contributed by atoms with E-state index in [1.165, 1.54) is 0 Å². The quantitative estimate of drug-likeness (QED) is 0.586. The van der Waals surface area contributed by atoms with Crippen molar-refractivity contribution in [2.24, 2.45) is 0 Å². The highest BCUT2D eigenvalue weighted by atomic mass is 16.6. The minimum atomic E-state index is -0.813. The van der Waals surface area contributed by atoms with Crippen molar-refractivity contribution >= 4 is 17.7 Å². The Bertz CT molecular complexity index is 721. The molecular weight excluding hydrogens is 320 g/mol. The molecule has 0 fully saturated rings. The van der Waals surface area contributed by atoms with E-state index in [-0.39, 0.29) is 18.9 Å². The van der Waals surface area contributed by atoms with Crippen LogP contribution < -0.4 is 4.90 Å². The molecule has 6 heteroatoms. The van der Waals surface area contributed by atoms with Crippen LogP contribution in [-0.4, -0.2) is 48.1 Å². The number of hydrogen-bond acceptors (Lipinski definition) is 5. The molecule has 0 saturated carbocycles. The first-order valence-electron chi connectivity index (χ1n) is 8.03. The lowest BCUT2D eigenvalue weighted by Crippen LogP contribution is -2.29. The fraction of sp³-hybridized carbons (Fsp3) is 0.368. The summed E-state index contributed by atoms with van der Waals surface area (Å²) in [5.74, 6) is -0.585. The predicted molar refractivity (Wildman–Crippen MR) is 95.7 cm³/mol. The van der Waals surface area contributed by atoms with Crippen LogP contribution in [0, 0.1) is 6.57 Å². The first-order chi connectivity index (χ1) is 11.9. The molecule has 132 valence electrons. The van der Waals surface area contributed by atoms with Crippen LogP contribution in [0.1, 0.15) is 19.4 Å². The largest absolute Gasteiger partial charge is 0.461 e. The molecule has 1 heterocycles. The number of anilines is 1. The highest BCUT2D eigenvalue weighted by Crippen LogP contribution is 2.34. The second-order valence-electron chi connectivity index (χ2n) is 6.13. The second kappa shape index (κ2) is 7.97. The van der Waals surface area contributed by atoms with Gasteiger partial charge in [-0.25, -0.2) is 4.85 Å². The summed E-state index contributed by atoms with van der Waals surface area (Å²) < 4.78 is 5.23. The van der Waals surface area contributed by atoms with E-state index in [0.717, 1.165) is 11.3 Å². The summed E-state index contributed by atoms with van der Waals surface area (Å²) in [7, 11) is 0. The second-order valence-corrected chi connectivity index (χ2v) is 6.13. The number of benzene rings is 1. The number of ether oxygens (including phenoxy) is 1. The van der Waals surface area contributed by atoms with E-state index in [9.17, 15) is 4.79 Å². The van der Waals surface area contributed by atoms with Crippen LogP contribution in [0.4, 0.5) is 5.69 Å². The standard InChI is InChI=1S/C19H22N2O4/c1-19(2)16(17(20-3)18(24)25-19)9-6-14-4-7-15(8-5-14)21(10-12-22)11-13-23/h4-9,22-23H,10-13H2,1-2H3/b9-6+. The van der Waals surface area contributed by atoms with E-state index in [4.69, 9.17) is 21.5 Å². The van der Waals surface area contributed by atoms with Crippen LogP contribution in [0.5, 0.6) is 0 Å². The van der Waals surface area contributed by atoms with Crippen LogP contribution in [0.2, 0.25) is 0 Å². The molecular formula is C19H22N2O4. The Balaban J connectivity index is 2.21. The number of hydrogen-bond donors (Lipinski definition) is 2. The number of rotatable bonds is 7. The average molecular weight is 342 g/mol. The van der Waals surface area contributed by atoms with Crippen LogP contribution in [-0.2, 0) is 9.53 Å². The SMILES string of the molecule is [C-]#[N+]C1=C(/C=C/c2ccc(N(CCO)CCO)cc2)C(C)(C)OC1=O. The van der Waals surface area contributed by atoms with Gasteiger partial charge in [-0.15, -0.1) is 0 Å². The van der Waals surface area contributed by atoms with Gasteiger partial charge in [-0.1, -0.05) is 24.3 Å². The number of nitrogens with zero attached hydrogens (tertiary/aromatic N) is 2. The first-order valence-corrected chi connectivity index (χ1v) is 8.03. The summed E-state index contributed by atoms with van der Waals surface area (Å²) in [5.41, 5.74) is 1.59. The van der Waals surface area contributed by atoms with Crippen molar-refractivity contribution in [2.75, 3.05) is 31.2 Å². The summed E-state index contributed by atoms with van der Waals surface area (Å²) in [6.45, 7) is 11.6. The molecule has 0 saturated heterocycles. The van der Waals surface area contributed by atoms with Gasteiger partial charge in [0.05, 0.1) is 19.8 Å². The fourth-order valence-electron chi connectivity index (χ4n) is 2.70. The van der Waals surface area contributed by atoms with Gasteiger partial charge in [-0.3, -0.25) is 4.79 Å². The molecule has 0 aliphatic carbocycles. The first kappa shape index (κ1) is 18.7. The van der Waals surface area contributed by atoms with Gasteiger partial charge in [0, 0.05) is 24.4 Å². The van der Waals surface area contributed by atoms with Gasteiger partial charge in [0.1, 0.15) is 5.60 Å². The van der Waals surface area contributed by atoms with Gasteiger partial charge in [0.2, 0.25) is 0 Å². The maximum Gasteiger partial charge on any atom is 0.337 e. The van der Waals surface area contributed by atoms with Gasteiger partial charge < -0.3 is 19.8 Å². The Morgan fingerprint density at radius 1 is 1.16 bits per heavy atom. The van der Waals surface area contributed by atoms with Crippen LogP contribution in [0.3, 0.4) is 0 Å². The molecule has 25 heavy (non-hydrogen) atoms. The van der Waals surface area contributed by atoms with Crippen LogP contribution >= 0.6 is 0 Å². The molecule has 6 nitrogen and oxygen atoms in total. The lowest BCUT2D eigenvalue weighted by atomic mass is 9.97. The third-order valence-corrected chi connectivity index (χ3v) is 4.00. The average Bonchev–Trinajstić information content (AvgIpc) is 2.80. The predicted octanol–water partition coefficient (Wildman–Crippen LogP) is 2.00. The van der Waals surface area contributed by atoms with E-state index >= 15 is 0 Å². The minimum Gasteiger partial charge on any atom is -0.461 e. The maximum absolute atomic E-state index is 11.7. The molecule has 1 aliphatic heterocycles. The van der Waals surface area contributed by atoms with Gasteiger partial charge in [0.25, 0.3) is 5.70 Å². The third-order valence-electron chi connectivity index (χ3n) is 4.00. The van der Waals surface area contributed by atoms with Crippen LogP contribution in [0.15, 0.2) is 41.6 Å². The van der Waals surface area contributed by atoms with Crippen molar-refractivity contribution in [3.63, 3.8) is 0 Å². The van der Waals surface area contributed by atoms with E-state index in [1.54, 1.807) is 19.9 Å². The summed E-state index contributed by atoms with van der Waals surface area (Å²) >= 11 is 0. The highest BCUT2D eigenvalue weighted by Gasteiger charge is 2.39. The third kappa shape index (κ3) is 4.27. The molecule has 0 unspecified atom stereocenters. The molecule has 1 aliphatic rings. The van der Waals surface area contributed by atoms with E-state index in [2.05, 4.69) is 4.85 Å². The zero-order chi connectivity index (χ0) is 18.4. The van der Waals surface area contributed by atoms with Gasteiger partial charge in [0.15, 0.2) is 0 Å². The monoisotopic (exact) mass is 342 g/mol. The normalized spacial score (nSPS) is 16.2. The highest BCUT2D eigenvalue weighted by molar-refractivity contribution is 5.96. The molecule has 2 rings (SSSR count). The van der Waals surface area contributed by atoms with E-state index in [1.807, 2.05) is 35.2 Å². The Morgan fingerprint density at radius 2 is 1.76 bits per heavy atom. The Hall–Kier alpha value is -2.62. The molecule has 0 spiro atoms. The van der Waals surface area contributed by atoms with Crippen molar-refractivity contribution in [1.82, 2.24) is 0 Å². The molecule has 0 atom stereocenters. The number of cyclic esters (lactones) is 1. The summed E-state index contributed by atoms with van der Waals surface area (Å²) in [6, 6.07) is 7.60. The van der Waals surface area contributed by atoms with Gasteiger partial charge in [-0.2, -0.15) is 0 Å². The number of carbonyl (C=O) groups excluding carboxylic acids is 1. The van der Waals surface area contributed by atoms with E-state index in [0.29, 0.717) is 18.7 Å².